The molecule has 1 N–H and O–H groups in total. The van der Waals surface area contributed by atoms with Crippen LogP contribution in [-0.4, -0.2) is 38.8 Å². The molecule has 0 spiro atoms. The van der Waals surface area contributed by atoms with Crippen LogP contribution >= 0.6 is 11.6 Å². The molecule has 0 saturated carbocycles. The Labute approximate surface area is 179 Å². The van der Waals surface area contributed by atoms with Crippen molar-refractivity contribution in [2.75, 3.05) is 18.5 Å². The second kappa shape index (κ2) is 8.42. The Hall–Kier alpha value is -2.96. The molecule has 0 bridgehead atoms. The molecule has 6 nitrogen and oxygen atoms in total. The Balaban J connectivity index is 1.37. The lowest BCUT2D eigenvalue weighted by molar-refractivity contribution is 0.0904. The number of aromatic nitrogens is 4. The van der Waals surface area contributed by atoms with Crippen LogP contribution in [0.5, 0.6) is 0 Å². The first-order valence-corrected chi connectivity index (χ1v) is 10.5. The summed E-state index contributed by atoms with van der Waals surface area (Å²) in [5.74, 6) is 1.79. The number of fused-ring (bicyclic) bond motifs is 1. The van der Waals surface area contributed by atoms with E-state index in [2.05, 4.69) is 38.7 Å². The summed E-state index contributed by atoms with van der Waals surface area (Å²) in [5, 5.41) is 13.0. The predicted molar refractivity (Wildman–Crippen MR) is 118 cm³/mol. The average molecular weight is 420 g/mol. The third-order valence-corrected chi connectivity index (χ3v) is 5.67. The Kier molecular flexibility index (Phi) is 5.34. The van der Waals surface area contributed by atoms with Crippen molar-refractivity contribution in [3.05, 3.63) is 77.3 Å². The first-order valence-electron chi connectivity index (χ1n) is 10.1. The van der Waals surface area contributed by atoms with E-state index in [0.717, 1.165) is 65.1 Å². The van der Waals surface area contributed by atoms with Gasteiger partial charge in [0.1, 0.15) is 11.6 Å². The zero-order chi connectivity index (χ0) is 20.3. The molecular weight excluding hydrogens is 398 g/mol. The fourth-order valence-corrected chi connectivity index (χ4v) is 3.89. The van der Waals surface area contributed by atoms with E-state index in [0.29, 0.717) is 12.5 Å². The summed E-state index contributed by atoms with van der Waals surface area (Å²) < 4.78 is 7.46. The monoisotopic (exact) mass is 419 g/mol. The van der Waals surface area contributed by atoms with Crippen LogP contribution in [0.15, 0.2) is 60.9 Å². The van der Waals surface area contributed by atoms with Gasteiger partial charge in [-0.2, -0.15) is 0 Å². The van der Waals surface area contributed by atoms with Gasteiger partial charge in [-0.3, -0.25) is 4.40 Å². The van der Waals surface area contributed by atoms with Gasteiger partial charge in [-0.25, -0.2) is 4.98 Å². The van der Waals surface area contributed by atoms with Crippen LogP contribution in [0.3, 0.4) is 0 Å². The minimum absolute atomic E-state index is 0.413. The van der Waals surface area contributed by atoms with Gasteiger partial charge >= 0.3 is 0 Å². The molecule has 1 aliphatic rings. The average Bonchev–Trinajstić information content (AvgIpc) is 3.18. The lowest BCUT2D eigenvalue weighted by Gasteiger charge is -2.23. The number of rotatable bonds is 5. The van der Waals surface area contributed by atoms with Crippen molar-refractivity contribution in [3.63, 3.8) is 0 Å². The lowest BCUT2D eigenvalue weighted by atomic mass is 10.1. The van der Waals surface area contributed by atoms with Crippen molar-refractivity contribution in [3.8, 4) is 11.1 Å². The maximum absolute atomic E-state index is 5.98. The summed E-state index contributed by atoms with van der Waals surface area (Å²) >= 11 is 5.98. The summed E-state index contributed by atoms with van der Waals surface area (Å²) in [5.41, 5.74) is 4.16. The standard InChI is InChI=1S/C23H22ClN5O/c24-19-3-1-16(2-4-19)13-22-27-28-23-15-18(6-10-29(22)23)17-5-9-25-21(14-17)26-20-7-11-30-12-8-20/h1-6,9-10,14-15,20H,7-8,11-13H2,(H,25,26). The fourth-order valence-electron chi connectivity index (χ4n) is 3.77. The van der Waals surface area contributed by atoms with Crippen molar-refractivity contribution in [2.24, 2.45) is 0 Å². The van der Waals surface area contributed by atoms with Crippen LogP contribution in [0.25, 0.3) is 16.8 Å². The molecule has 1 saturated heterocycles. The SMILES string of the molecule is Clc1ccc(Cc2nnc3cc(-c4ccnc(NC5CCOCC5)c4)ccn23)cc1. The predicted octanol–water partition coefficient (Wildman–Crippen LogP) is 4.63. The minimum atomic E-state index is 0.413. The van der Waals surface area contributed by atoms with Crippen molar-refractivity contribution in [1.82, 2.24) is 19.6 Å². The molecule has 0 unspecified atom stereocenters. The van der Waals surface area contributed by atoms with E-state index in [-0.39, 0.29) is 0 Å². The molecule has 4 aromatic rings. The van der Waals surface area contributed by atoms with Gasteiger partial charge in [0.2, 0.25) is 0 Å². The molecule has 0 radical (unpaired) electrons. The number of pyridine rings is 2. The number of benzene rings is 1. The molecule has 30 heavy (non-hydrogen) atoms. The van der Waals surface area contributed by atoms with Crippen molar-refractivity contribution >= 4 is 23.1 Å². The van der Waals surface area contributed by atoms with Crippen LogP contribution in [0, 0.1) is 0 Å². The Bertz CT molecular complexity index is 1150. The van der Waals surface area contributed by atoms with Gasteiger partial charge in [-0.05, 0) is 65.9 Å². The maximum atomic E-state index is 5.98. The zero-order valence-electron chi connectivity index (χ0n) is 16.5. The zero-order valence-corrected chi connectivity index (χ0v) is 17.2. The highest BCUT2D eigenvalue weighted by Crippen LogP contribution is 2.24. The second-order valence-corrected chi connectivity index (χ2v) is 7.96. The third-order valence-electron chi connectivity index (χ3n) is 5.42. The topological polar surface area (TPSA) is 64.3 Å². The smallest absolute Gasteiger partial charge is 0.161 e. The largest absolute Gasteiger partial charge is 0.381 e. The number of halogens is 1. The van der Waals surface area contributed by atoms with Gasteiger partial charge < -0.3 is 10.1 Å². The van der Waals surface area contributed by atoms with Gasteiger partial charge in [-0.15, -0.1) is 10.2 Å². The summed E-state index contributed by atoms with van der Waals surface area (Å²) in [7, 11) is 0. The van der Waals surface area contributed by atoms with E-state index >= 15 is 0 Å². The normalized spacial score (nSPS) is 14.8. The van der Waals surface area contributed by atoms with Gasteiger partial charge in [0.25, 0.3) is 0 Å². The highest BCUT2D eigenvalue weighted by atomic mass is 35.5. The highest BCUT2D eigenvalue weighted by molar-refractivity contribution is 6.30. The van der Waals surface area contributed by atoms with Crippen LogP contribution < -0.4 is 5.32 Å². The first-order chi connectivity index (χ1) is 14.7. The molecule has 0 atom stereocenters. The Morgan fingerprint density at radius 3 is 2.63 bits per heavy atom. The van der Waals surface area contributed by atoms with E-state index in [1.165, 1.54) is 0 Å². The quantitative estimate of drug-likeness (QED) is 0.511. The highest BCUT2D eigenvalue weighted by Gasteiger charge is 2.14. The molecule has 1 aromatic carbocycles. The van der Waals surface area contributed by atoms with E-state index in [1.54, 1.807) is 0 Å². The van der Waals surface area contributed by atoms with E-state index in [9.17, 15) is 0 Å². The molecule has 0 amide bonds. The van der Waals surface area contributed by atoms with Gasteiger partial charge in [0.15, 0.2) is 5.65 Å². The van der Waals surface area contributed by atoms with Gasteiger partial charge in [0, 0.05) is 43.1 Å². The molecular formula is C23H22ClN5O. The van der Waals surface area contributed by atoms with Gasteiger partial charge in [-0.1, -0.05) is 23.7 Å². The summed E-state index contributed by atoms with van der Waals surface area (Å²) in [6.45, 7) is 1.61. The Morgan fingerprint density at radius 2 is 1.80 bits per heavy atom. The molecule has 1 fully saturated rings. The summed E-state index contributed by atoms with van der Waals surface area (Å²) in [4.78, 5) is 4.48. The summed E-state index contributed by atoms with van der Waals surface area (Å²) in [6.07, 6.45) is 6.59. The lowest BCUT2D eigenvalue weighted by Crippen LogP contribution is -2.28. The van der Waals surface area contributed by atoms with Crippen LogP contribution in [0.1, 0.15) is 24.2 Å². The molecule has 0 aliphatic carbocycles. The molecule has 3 aromatic heterocycles. The second-order valence-electron chi connectivity index (χ2n) is 7.52. The minimum Gasteiger partial charge on any atom is -0.381 e. The van der Waals surface area contributed by atoms with Crippen molar-refractivity contribution in [2.45, 2.75) is 25.3 Å². The first kappa shape index (κ1) is 19.0. The molecule has 152 valence electrons. The fraction of sp³-hybridized carbons (Fsp3) is 0.261. The Morgan fingerprint density at radius 1 is 1.00 bits per heavy atom. The number of nitrogens with one attached hydrogen (secondary N) is 1. The van der Waals surface area contributed by atoms with Crippen LogP contribution in [0.2, 0.25) is 5.02 Å². The van der Waals surface area contributed by atoms with E-state index < -0.39 is 0 Å². The molecule has 1 aliphatic heterocycles. The molecule has 5 rings (SSSR count). The summed E-state index contributed by atoms with van der Waals surface area (Å²) in [6, 6.07) is 16.5. The third kappa shape index (κ3) is 4.15. The van der Waals surface area contributed by atoms with E-state index in [1.807, 2.05) is 47.1 Å². The van der Waals surface area contributed by atoms with Crippen molar-refractivity contribution in [1.29, 1.82) is 0 Å². The number of nitrogens with zero attached hydrogens (tertiary/aromatic N) is 4. The van der Waals surface area contributed by atoms with Crippen molar-refractivity contribution < 1.29 is 4.74 Å². The number of hydrogen-bond acceptors (Lipinski definition) is 5. The number of ether oxygens (including phenoxy) is 1. The van der Waals surface area contributed by atoms with Gasteiger partial charge in [0.05, 0.1) is 0 Å². The number of anilines is 1. The molecule has 4 heterocycles. The van der Waals surface area contributed by atoms with Crippen LogP contribution in [0.4, 0.5) is 5.82 Å². The van der Waals surface area contributed by atoms with Crippen LogP contribution in [-0.2, 0) is 11.2 Å². The maximum Gasteiger partial charge on any atom is 0.161 e. The van der Waals surface area contributed by atoms with E-state index in [4.69, 9.17) is 16.3 Å². The molecule has 7 heteroatoms. The number of hydrogen-bond donors (Lipinski definition) is 1.